The molecule has 0 saturated carbocycles. The van der Waals surface area contributed by atoms with Gasteiger partial charge in [0.25, 0.3) is 0 Å². The summed E-state index contributed by atoms with van der Waals surface area (Å²) >= 11 is 0.858. The summed E-state index contributed by atoms with van der Waals surface area (Å²) in [4.78, 5) is 0. The molecule has 0 spiro atoms. The lowest BCUT2D eigenvalue weighted by molar-refractivity contribution is -0.123. The van der Waals surface area contributed by atoms with Crippen molar-refractivity contribution >= 4 is 11.8 Å². The molecule has 0 aromatic carbocycles. The Morgan fingerprint density at radius 2 is 2.09 bits per heavy atom. The lowest BCUT2D eigenvalue weighted by Crippen LogP contribution is -2.33. The van der Waals surface area contributed by atoms with Gasteiger partial charge in [0.1, 0.15) is 12.2 Å². The first-order chi connectivity index (χ1) is 5.90. The average molecular weight is 184 g/mol. The lowest BCUT2D eigenvalue weighted by atomic mass is 10.2. The van der Waals surface area contributed by atoms with Crippen molar-refractivity contribution in [2.75, 3.05) is 12.0 Å². The van der Waals surface area contributed by atoms with Crippen LogP contribution in [0.4, 0.5) is 0 Å². The highest BCUT2D eigenvalue weighted by Gasteiger charge is 2.41. The Labute approximate surface area is 72.0 Å². The van der Waals surface area contributed by atoms with E-state index in [1.165, 1.54) is 6.26 Å². The van der Waals surface area contributed by atoms with E-state index in [1.807, 2.05) is 0 Å². The number of hydrogen-bond donors (Lipinski definition) is 3. The van der Waals surface area contributed by atoms with E-state index in [0.717, 1.165) is 11.8 Å². The fraction of sp³-hybridized carbons (Fsp3) is 1.00. The summed E-state index contributed by atoms with van der Waals surface area (Å²) in [7, 11) is 0. The van der Waals surface area contributed by atoms with E-state index in [1.54, 1.807) is 0 Å². The van der Waals surface area contributed by atoms with Crippen LogP contribution in [-0.4, -0.2) is 51.9 Å². The van der Waals surface area contributed by atoms with Crippen LogP contribution in [0.2, 0.25) is 0 Å². The van der Waals surface area contributed by atoms with Crippen molar-refractivity contribution in [2.45, 2.75) is 24.6 Å². The van der Waals surface area contributed by atoms with Crippen LogP contribution in [0.15, 0.2) is 0 Å². The molecule has 4 nitrogen and oxygen atoms in total. The molecule has 0 aromatic heterocycles. The molecule has 4 atom stereocenters. The van der Waals surface area contributed by atoms with Gasteiger partial charge in [-0.25, -0.2) is 0 Å². The normalized spacial score (nSPS) is 48.7. The van der Waals surface area contributed by atoms with Gasteiger partial charge in [0.15, 0.2) is 6.29 Å². The second kappa shape index (κ2) is 3.73. The first-order valence-electron chi connectivity index (χ1n) is 4.15. The Hall–Kier alpha value is 0.190. The summed E-state index contributed by atoms with van der Waals surface area (Å²) in [6, 6.07) is 0. The zero-order valence-corrected chi connectivity index (χ0v) is 6.78. The van der Waals surface area contributed by atoms with Crippen LogP contribution in [0.5, 0.6) is 0 Å². The predicted octanol–water partition coefficient (Wildman–Crippen LogP) is -1.21. The van der Waals surface area contributed by atoms with Crippen LogP contribution < -0.4 is 0 Å². The summed E-state index contributed by atoms with van der Waals surface area (Å²) in [5.41, 5.74) is -1.82. The van der Waals surface area contributed by atoms with Gasteiger partial charge < -0.3 is 20.1 Å². The van der Waals surface area contributed by atoms with Crippen molar-refractivity contribution in [3.8, 4) is 0 Å². The molecule has 3 N–H and O–H groups in total. The fourth-order valence-electron chi connectivity index (χ4n) is 0.873. The molecule has 0 amide bonds. The number of ether oxygens (including phenoxy) is 1. The minimum atomic E-state index is -1.82. The van der Waals surface area contributed by atoms with Gasteiger partial charge in [-0.3, -0.25) is 0 Å². The first kappa shape index (κ1) is 6.68. The summed E-state index contributed by atoms with van der Waals surface area (Å²) < 4.78 is 19.5. The van der Waals surface area contributed by atoms with Gasteiger partial charge in [0.05, 0.1) is 6.10 Å². The Morgan fingerprint density at radius 1 is 1.45 bits per heavy atom. The van der Waals surface area contributed by atoms with Crippen molar-refractivity contribution in [1.29, 1.82) is 0 Å². The molecule has 1 rings (SSSR count). The molecular weight excluding hydrogens is 168 g/mol. The van der Waals surface area contributed by atoms with Crippen LogP contribution in [0.3, 0.4) is 0 Å². The van der Waals surface area contributed by atoms with Gasteiger partial charge in [-0.15, -0.1) is 0 Å². The molecule has 0 radical (unpaired) electrons. The zero-order chi connectivity index (χ0) is 10.2. The van der Waals surface area contributed by atoms with E-state index >= 15 is 0 Å². The number of aliphatic hydroxyl groups excluding tert-OH is 3. The molecular formula is C6H12O4S. The summed E-state index contributed by atoms with van der Waals surface area (Å²) in [6.07, 6.45) is -4.02. The highest BCUT2D eigenvalue weighted by Crippen LogP contribution is 2.21. The Kier molecular flexibility index (Phi) is 2.26. The molecule has 0 unspecified atom stereocenters. The molecule has 0 bridgehead atoms. The van der Waals surface area contributed by atoms with E-state index in [9.17, 15) is 5.11 Å². The molecule has 0 aromatic rings. The zero-order valence-electron chi connectivity index (χ0n) is 7.97. The molecule has 1 heterocycles. The van der Waals surface area contributed by atoms with Crippen molar-refractivity contribution in [2.24, 2.45) is 0 Å². The first-order valence-corrected chi connectivity index (χ1v) is 4.37. The smallest absolute Gasteiger partial charge is 0.183 e. The average Bonchev–Trinajstić information content (AvgIpc) is 2.33. The van der Waals surface area contributed by atoms with Crippen LogP contribution in [0, 0.1) is 0 Å². The Balaban J connectivity index is 2.73. The quantitative estimate of drug-likeness (QED) is 0.502. The number of rotatable bonds is 2. The largest absolute Gasteiger partial charge is 0.387 e. The van der Waals surface area contributed by atoms with Crippen molar-refractivity contribution in [3.63, 3.8) is 0 Å². The van der Waals surface area contributed by atoms with Crippen molar-refractivity contribution in [3.05, 3.63) is 0 Å². The van der Waals surface area contributed by atoms with Gasteiger partial charge in [-0.05, 0) is 6.26 Å². The number of aliphatic hydroxyl groups is 3. The van der Waals surface area contributed by atoms with E-state index in [4.69, 9.17) is 17.7 Å². The SMILES string of the molecule is [3H]C([3H])(SC)[C@H]1O[C@H](O)[C@H](O)[C@@H]1O. The van der Waals surface area contributed by atoms with E-state index in [2.05, 4.69) is 0 Å². The fourth-order valence-corrected chi connectivity index (χ4v) is 1.30. The maximum Gasteiger partial charge on any atom is 0.183 e. The third-order valence-corrected chi connectivity index (χ3v) is 1.94. The van der Waals surface area contributed by atoms with E-state index in [-0.39, 0.29) is 0 Å². The van der Waals surface area contributed by atoms with Crippen molar-refractivity contribution < 1.29 is 22.8 Å². The number of hydrogen-bond acceptors (Lipinski definition) is 5. The van der Waals surface area contributed by atoms with Gasteiger partial charge in [-0.1, -0.05) is 0 Å². The Bertz CT molecular complexity index is 191. The predicted molar refractivity (Wildman–Crippen MR) is 41.3 cm³/mol. The second-order valence-electron chi connectivity index (χ2n) is 2.25. The van der Waals surface area contributed by atoms with Gasteiger partial charge in [0, 0.05) is 8.45 Å². The highest BCUT2D eigenvalue weighted by molar-refractivity contribution is 7.98. The van der Waals surface area contributed by atoms with E-state index in [0.29, 0.717) is 0 Å². The van der Waals surface area contributed by atoms with Crippen LogP contribution in [0.1, 0.15) is 2.74 Å². The summed E-state index contributed by atoms with van der Waals surface area (Å²) in [6.45, 7) is 0. The molecule has 1 saturated heterocycles. The maximum absolute atomic E-state index is 9.31. The highest BCUT2D eigenvalue weighted by atomic mass is 32.2. The third kappa shape index (κ3) is 1.86. The van der Waals surface area contributed by atoms with Crippen LogP contribution in [-0.2, 0) is 4.74 Å². The monoisotopic (exact) mass is 184 g/mol. The molecule has 1 aliphatic heterocycles. The van der Waals surface area contributed by atoms with Crippen LogP contribution in [0.25, 0.3) is 0 Å². The summed E-state index contributed by atoms with van der Waals surface area (Å²) in [5, 5.41) is 27.4. The van der Waals surface area contributed by atoms with Gasteiger partial charge >= 0.3 is 0 Å². The van der Waals surface area contributed by atoms with Gasteiger partial charge in [0.2, 0.25) is 0 Å². The second-order valence-corrected chi connectivity index (χ2v) is 2.89. The lowest BCUT2D eigenvalue weighted by Gasteiger charge is -2.11. The maximum atomic E-state index is 9.31. The topological polar surface area (TPSA) is 69.9 Å². The Morgan fingerprint density at radius 3 is 2.45 bits per heavy atom. The summed E-state index contributed by atoms with van der Waals surface area (Å²) in [5.74, 6) is 0. The molecule has 1 fully saturated rings. The third-order valence-electron chi connectivity index (χ3n) is 1.47. The van der Waals surface area contributed by atoms with Crippen molar-refractivity contribution in [1.82, 2.24) is 0 Å². The molecule has 11 heavy (non-hydrogen) atoms. The van der Waals surface area contributed by atoms with Crippen LogP contribution >= 0.6 is 11.8 Å². The molecule has 66 valence electrons. The van der Waals surface area contributed by atoms with Gasteiger partial charge in [-0.2, -0.15) is 11.8 Å². The standard InChI is InChI=1S/C6H12O4S/c1-11-2-3-4(7)5(8)6(9)10-3/h3-9H,2H2,1H3/t3-,4-,5-,6+/m1/s1/i2T2. The minimum Gasteiger partial charge on any atom is -0.387 e. The molecule has 5 heteroatoms. The van der Waals surface area contributed by atoms with E-state index < -0.39 is 30.3 Å². The minimum absolute atomic E-state index is 0.858. The molecule has 0 aliphatic carbocycles. The number of thioether (sulfide) groups is 1. The molecule has 1 aliphatic rings.